The normalized spacial score (nSPS) is 10.1. The largest absolute Gasteiger partial charge is 0.452 e. The van der Waals surface area contributed by atoms with Crippen LogP contribution >= 0.6 is 23.2 Å². The molecule has 0 saturated carbocycles. The van der Waals surface area contributed by atoms with Gasteiger partial charge in [0, 0.05) is 12.2 Å². The molecular weight excluding hydrogens is 291 g/mol. The van der Waals surface area contributed by atoms with Gasteiger partial charge in [0.25, 0.3) is 5.91 Å². The van der Waals surface area contributed by atoms with E-state index < -0.39 is 5.97 Å². The Kier molecular flexibility index (Phi) is 5.92. The number of benzene rings is 1. The average Bonchev–Trinajstić information content (AvgIpc) is 2.37. The summed E-state index contributed by atoms with van der Waals surface area (Å²) in [5, 5.41) is 2.78. The van der Waals surface area contributed by atoms with E-state index in [1.54, 1.807) is 0 Å². The van der Waals surface area contributed by atoms with Gasteiger partial charge in [0.15, 0.2) is 6.61 Å². The van der Waals surface area contributed by atoms with Gasteiger partial charge >= 0.3 is 5.97 Å². The summed E-state index contributed by atoms with van der Waals surface area (Å²) in [5.41, 5.74) is 5.88. The highest BCUT2D eigenvalue weighted by Gasteiger charge is 2.16. The SMILES string of the molecule is CCCNC(=O)COC(=O)c1cc(N)cc(Cl)c1Cl. The zero-order valence-electron chi connectivity index (χ0n) is 10.3. The first-order valence-corrected chi connectivity index (χ1v) is 6.39. The van der Waals surface area contributed by atoms with Crippen molar-refractivity contribution >= 4 is 40.8 Å². The summed E-state index contributed by atoms with van der Waals surface area (Å²) in [7, 11) is 0. The van der Waals surface area contributed by atoms with Crippen molar-refractivity contribution in [3.63, 3.8) is 0 Å². The highest BCUT2D eigenvalue weighted by molar-refractivity contribution is 6.44. The molecule has 0 aliphatic rings. The first-order chi connectivity index (χ1) is 8.95. The highest BCUT2D eigenvalue weighted by Crippen LogP contribution is 2.29. The standard InChI is InChI=1S/C12H14Cl2N2O3/c1-2-3-16-10(17)6-19-12(18)8-4-7(15)5-9(13)11(8)14/h4-5H,2-3,6,15H2,1H3,(H,16,17). The fourth-order valence-corrected chi connectivity index (χ4v) is 1.70. The van der Waals surface area contributed by atoms with Crippen molar-refractivity contribution in [2.24, 2.45) is 0 Å². The fourth-order valence-electron chi connectivity index (χ4n) is 1.28. The number of amides is 1. The summed E-state index contributed by atoms with van der Waals surface area (Å²) in [6, 6.07) is 2.77. The van der Waals surface area contributed by atoms with Crippen LogP contribution in [0.3, 0.4) is 0 Å². The lowest BCUT2D eigenvalue weighted by molar-refractivity contribution is -0.124. The number of nitrogen functional groups attached to an aromatic ring is 1. The molecule has 7 heteroatoms. The number of esters is 1. The summed E-state index contributed by atoms with van der Waals surface area (Å²) < 4.78 is 4.83. The summed E-state index contributed by atoms with van der Waals surface area (Å²) in [4.78, 5) is 23.0. The van der Waals surface area contributed by atoms with E-state index in [1.807, 2.05) is 6.92 Å². The van der Waals surface area contributed by atoms with Gasteiger partial charge in [0.1, 0.15) is 0 Å². The van der Waals surface area contributed by atoms with E-state index in [4.69, 9.17) is 33.7 Å². The van der Waals surface area contributed by atoms with Gasteiger partial charge in [0.05, 0.1) is 15.6 Å². The first-order valence-electron chi connectivity index (χ1n) is 5.64. The van der Waals surface area contributed by atoms with Crippen molar-refractivity contribution in [2.45, 2.75) is 13.3 Å². The number of hydrogen-bond donors (Lipinski definition) is 2. The van der Waals surface area contributed by atoms with Gasteiger partial charge < -0.3 is 15.8 Å². The van der Waals surface area contributed by atoms with Crippen molar-refractivity contribution in [3.8, 4) is 0 Å². The van der Waals surface area contributed by atoms with Crippen LogP contribution in [0.2, 0.25) is 10.0 Å². The number of rotatable bonds is 5. The van der Waals surface area contributed by atoms with Gasteiger partial charge in [0.2, 0.25) is 0 Å². The van der Waals surface area contributed by atoms with E-state index in [1.165, 1.54) is 12.1 Å². The number of nitrogens with two attached hydrogens (primary N) is 1. The summed E-state index contributed by atoms with van der Waals surface area (Å²) in [5.74, 6) is -1.12. The van der Waals surface area contributed by atoms with Crippen LogP contribution in [0.25, 0.3) is 0 Å². The minimum atomic E-state index is -0.745. The number of hydrogen-bond acceptors (Lipinski definition) is 4. The van der Waals surface area contributed by atoms with Crippen molar-refractivity contribution < 1.29 is 14.3 Å². The van der Waals surface area contributed by atoms with E-state index in [9.17, 15) is 9.59 Å². The number of nitrogens with one attached hydrogen (secondary N) is 1. The molecule has 5 nitrogen and oxygen atoms in total. The smallest absolute Gasteiger partial charge is 0.340 e. The number of carbonyl (C=O) groups is 2. The third-order valence-corrected chi connectivity index (χ3v) is 2.98. The van der Waals surface area contributed by atoms with E-state index in [0.717, 1.165) is 6.42 Å². The van der Waals surface area contributed by atoms with Crippen LogP contribution in [-0.4, -0.2) is 25.0 Å². The molecule has 1 rings (SSSR count). The van der Waals surface area contributed by atoms with Crippen LogP contribution in [0, 0.1) is 0 Å². The van der Waals surface area contributed by atoms with Crippen molar-refractivity contribution in [1.29, 1.82) is 0 Å². The number of carbonyl (C=O) groups excluding carboxylic acids is 2. The molecule has 0 fully saturated rings. The molecule has 0 bridgehead atoms. The minimum Gasteiger partial charge on any atom is -0.452 e. The molecule has 0 unspecified atom stereocenters. The van der Waals surface area contributed by atoms with Crippen LogP contribution in [0.1, 0.15) is 23.7 Å². The highest BCUT2D eigenvalue weighted by atomic mass is 35.5. The molecule has 19 heavy (non-hydrogen) atoms. The van der Waals surface area contributed by atoms with Crippen molar-refractivity contribution in [1.82, 2.24) is 5.32 Å². The third kappa shape index (κ3) is 4.61. The Hall–Kier alpha value is -1.46. The van der Waals surface area contributed by atoms with Crippen LogP contribution in [0.15, 0.2) is 12.1 Å². The number of ether oxygens (including phenoxy) is 1. The van der Waals surface area contributed by atoms with Gasteiger partial charge in [-0.15, -0.1) is 0 Å². The van der Waals surface area contributed by atoms with Crippen LogP contribution in [0.4, 0.5) is 5.69 Å². The van der Waals surface area contributed by atoms with Crippen LogP contribution < -0.4 is 11.1 Å². The van der Waals surface area contributed by atoms with E-state index in [0.29, 0.717) is 6.54 Å². The second-order valence-electron chi connectivity index (χ2n) is 3.79. The Morgan fingerprint density at radius 2 is 2.05 bits per heavy atom. The summed E-state index contributed by atoms with van der Waals surface area (Å²) in [6.45, 7) is 2.07. The molecule has 0 atom stereocenters. The number of halogens is 2. The predicted octanol–water partition coefficient (Wildman–Crippen LogP) is 2.26. The summed E-state index contributed by atoms with van der Waals surface area (Å²) in [6.07, 6.45) is 0.802. The van der Waals surface area contributed by atoms with Gasteiger partial charge in [-0.05, 0) is 18.6 Å². The lowest BCUT2D eigenvalue weighted by Gasteiger charge is -2.08. The Balaban J connectivity index is 2.66. The average molecular weight is 305 g/mol. The monoisotopic (exact) mass is 304 g/mol. The number of anilines is 1. The maximum atomic E-state index is 11.7. The Labute approximate surface area is 121 Å². The van der Waals surface area contributed by atoms with Crippen LogP contribution in [-0.2, 0) is 9.53 Å². The fraction of sp³-hybridized carbons (Fsp3) is 0.333. The zero-order chi connectivity index (χ0) is 14.4. The molecule has 0 saturated heterocycles. The van der Waals surface area contributed by atoms with Crippen LogP contribution in [0.5, 0.6) is 0 Å². The molecule has 1 aromatic rings. The maximum absolute atomic E-state index is 11.7. The molecule has 104 valence electrons. The lowest BCUT2D eigenvalue weighted by atomic mass is 10.2. The van der Waals surface area contributed by atoms with E-state index in [2.05, 4.69) is 5.32 Å². The predicted molar refractivity (Wildman–Crippen MR) is 74.5 cm³/mol. The van der Waals surface area contributed by atoms with Crippen molar-refractivity contribution in [2.75, 3.05) is 18.9 Å². The quantitative estimate of drug-likeness (QED) is 0.646. The molecular formula is C12H14Cl2N2O3. The summed E-state index contributed by atoms with van der Waals surface area (Å²) >= 11 is 11.7. The Morgan fingerprint density at radius 1 is 1.37 bits per heavy atom. The second kappa shape index (κ2) is 7.21. The molecule has 0 aliphatic heterocycles. The van der Waals surface area contributed by atoms with Crippen molar-refractivity contribution in [3.05, 3.63) is 27.7 Å². The maximum Gasteiger partial charge on any atom is 0.340 e. The minimum absolute atomic E-state index is 0.0370. The zero-order valence-corrected chi connectivity index (χ0v) is 11.8. The van der Waals surface area contributed by atoms with E-state index in [-0.39, 0.29) is 33.8 Å². The topological polar surface area (TPSA) is 81.4 Å². The van der Waals surface area contributed by atoms with Gasteiger partial charge in [-0.1, -0.05) is 30.1 Å². The second-order valence-corrected chi connectivity index (χ2v) is 4.58. The van der Waals surface area contributed by atoms with E-state index >= 15 is 0 Å². The lowest BCUT2D eigenvalue weighted by Crippen LogP contribution is -2.29. The molecule has 0 spiro atoms. The third-order valence-electron chi connectivity index (χ3n) is 2.18. The molecule has 0 aliphatic carbocycles. The Morgan fingerprint density at radius 3 is 2.68 bits per heavy atom. The molecule has 3 N–H and O–H groups in total. The molecule has 0 aromatic heterocycles. The van der Waals surface area contributed by atoms with Gasteiger partial charge in [-0.25, -0.2) is 4.79 Å². The first kappa shape index (κ1) is 15.6. The van der Waals surface area contributed by atoms with Gasteiger partial charge in [-0.2, -0.15) is 0 Å². The molecule has 0 heterocycles. The molecule has 1 aromatic carbocycles. The molecule has 0 radical (unpaired) electrons. The molecule has 1 amide bonds. The van der Waals surface area contributed by atoms with Gasteiger partial charge in [-0.3, -0.25) is 4.79 Å². The Bertz CT molecular complexity index is 492.